The molecule has 3 rings (SSSR count). The summed E-state index contributed by atoms with van der Waals surface area (Å²) in [6.45, 7) is 6.06. The van der Waals surface area contributed by atoms with Crippen molar-refractivity contribution < 1.29 is 0 Å². The van der Waals surface area contributed by atoms with Crippen molar-refractivity contribution in [2.24, 2.45) is 0 Å². The Morgan fingerprint density at radius 2 is 1.90 bits per heavy atom. The molecule has 1 aromatic carbocycles. The van der Waals surface area contributed by atoms with Gasteiger partial charge in [0.25, 0.3) is 0 Å². The Morgan fingerprint density at radius 1 is 1.05 bits per heavy atom. The van der Waals surface area contributed by atoms with Gasteiger partial charge in [-0.05, 0) is 42.5 Å². The molecule has 2 heterocycles. The van der Waals surface area contributed by atoms with Crippen molar-refractivity contribution in [1.29, 1.82) is 0 Å². The number of nitrogens with zero attached hydrogens (tertiary/aromatic N) is 1. The van der Waals surface area contributed by atoms with Gasteiger partial charge >= 0.3 is 0 Å². The second kappa shape index (κ2) is 5.73. The molecule has 0 unspecified atom stereocenters. The number of hydrogen-bond donors (Lipinski definition) is 1. The minimum Gasteiger partial charge on any atom is -0.308 e. The monoisotopic (exact) mass is 282 g/mol. The van der Waals surface area contributed by atoms with Crippen molar-refractivity contribution in [3.05, 3.63) is 63.5 Å². The van der Waals surface area contributed by atoms with Crippen molar-refractivity contribution in [2.45, 2.75) is 26.9 Å². The molecule has 0 aliphatic rings. The number of fused-ring (bicyclic) bond motifs is 1. The summed E-state index contributed by atoms with van der Waals surface area (Å²) in [5, 5.41) is 6.92. The van der Waals surface area contributed by atoms with Crippen molar-refractivity contribution >= 4 is 22.2 Å². The summed E-state index contributed by atoms with van der Waals surface area (Å²) in [6, 6.07) is 12.6. The van der Waals surface area contributed by atoms with Crippen LogP contribution in [0.4, 0.5) is 0 Å². The number of hydrogen-bond acceptors (Lipinski definition) is 3. The van der Waals surface area contributed by atoms with Gasteiger partial charge in [-0.15, -0.1) is 11.3 Å². The minimum atomic E-state index is 0.883. The molecule has 0 amide bonds. The molecule has 2 aromatic heterocycles. The molecule has 0 radical (unpaired) electrons. The molecule has 3 heteroatoms. The van der Waals surface area contributed by atoms with Crippen LogP contribution in [-0.4, -0.2) is 4.98 Å². The van der Waals surface area contributed by atoms with Gasteiger partial charge in [0.1, 0.15) is 0 Å². The smallest absolute Gasteiger partial charge is 0.0708 e. The predicted molar refractivity (Wildman–Crippen MR) is 86.1 cm³/mol. The van der Waals surface area contributed by atoms with E-state index in [1.165, 1.54) is 21.4 Å². The van der Waals surface area contributed by atoms with Crippen LogP contribution in [0.5, 0.6) is 0 Å². The van der Waals surface area contributed by atoms with Gasteiger partial charge in [-0.3, -0.25) is 4.98 Å². The lowest BCUT2D eigenvalue weighted by molar-refractivity contribution is 0.700. The van der Waals surface area contributed by atoms with Crippen LogP contribution in [0, 0.1) is 13.8 Å². The average molecular weight is 282 g/mol. The molecule has 0 fully saturated rings. The predicted octanol–water partition coefficient (Wildman–Crippen LogP) is 4.20. The minimum absolute atomic E-state index is 0.883. The SMILES string of the molecule is Cc1nc2ccccc2c(CNCc2cccs2)c1C. The third-order valence-electron chi connectivity index (χ3n) is 3.69. The summed E-state index contributed by atoms with van der Waals surface area (Å²) >= 11 is 1.79. The van der Waals surface area contributed by atoms with Crippen LogP contribution in [0.25, 0.3) is 10.9 Å². The van der Waals surface area contributed by atoms with Crippen LogP contribution in [0.15, 0.2) is 41.8 Å². The third-order valence-corrected chi connectivity index (χ3v) is 4.57. The quantitative estimate of drug-likeness (QED) is 0.775. The Balaban J connectivity index is 1.87. The van der Waals surface area contributed by atoms with Gasteiger partial charge in [0.15, 0.2) is 0 Å². The maximum atomic E-state index is 4.67. The van der Waals surface area contributed by atoms with E-state index < -0.39 is 0 Å². The van der Waals surface area contributed by atoms with Crippen LogP contribution >= 0.6 is 11.3 Å². The topological polar surface area (TPSA) is 24.9 Å². The first-order chi connectivity index (χ1) is 9.75. The number of nitrogens with one attached hydrogen (secondary N) is 1. The molecule has 3 aromatic rings. The highest BCUT2D eigenvalue weighted by atomic mass is 32.1. The number of pyridine rings is 1. The van der Waals surface area contributed by atoms with E-state index in [0.717, 1.165) is 24.3 Å². The molecular formula is C17H18N2S. The largest absolute Gasteiger partial charge is 0.308 e. The summed E-state index contributed by atoms with van der Waals surface area (Å²) in [5.74, 6) is 0. The first-order valence-corrected chi connectivity index (χ1v) is 7.71. The molecule has 0 saturated carbocycles. The number of para-hydroxylation sites is 1. The van der Waals surface area contributed by atoms with Gasteiger partial charge in [0, 0.05) is 29.0 Å². The Bertz CT molecular complexity index is 717. The highest BCUT2D eigenvalue weighted by molar-refractivity contribution is 7.09. The summed E-state index contributed by atoms with van der Waals surface area (Å²) < 4.78 is 0. The van der Waals surface area contributed by atoms with Crippen LogP contribution < -0.4 is 5.32 Å². The molecule has 20 heavy (non-hydrogen) atoms. The lowest BCUT2D eigenvalue weighted by Crippen LogP contribution is -2.14. The van der Waals surface area contributed by atoms with Gasteiger partial charge in [-0.25, -0.2) is 0 Å². The van der Waals surface area contributed by atoms with E-state index in [4.69, 9.17) is 0 Å². The number of rotatable bonds is 4. The zero-order valence-corrected chi connectivity index (χ0v) is 12.6. The van der Waals surface area contributed by atoms with Crippen LogP contribution in [0.2, 0.25) is 0 Å². The molecule has 102 valence electrons. The fourth-order valence-electron chi connectivity index (χ4n) is 2.46. The standard InChI is InChI=1S/C17H18N2S/c1-12-13(2)19-17-8-4-3-7-15(17)16(12)11-18-10-14-6-5-9-20-14/h3-9,18H,10-11H2,1-2H3. The van der Waals surface area contributed by atoms with Crippen molar-refractivity contribution in [1.82, 2.24) is 10.3 Å². The zero-order valence-electron chi connectivity index (χ0n) is 11.8. The van der Waals surface area contributed by atoms with Gasteiger partial charge in [-0.1, -0.05) is 24.3 Å². The van der Waals surface area contributed by atoms with E-state index in [9.17, 15) is 0 Å². The van der Waals surface area contributed by atoms with Crippen LogP contribution in [0.3, 0.4) is 0 Å². The first-order valence-electron chi connectivity index (χ1n) is 6.83. The lowest BCUT2D eigenvalue weighted by Gasteiger charge is -2.13. The number of aromatic nitrogens is 1. The van der Waals surface area contributed by atoms with Gasteiger partial charge in [0.05, 0.1) is 5.52 Å². The van der Waals surface area contributed by atoms with E-state index in [1.807, 2.05) is 6.07 Å². The highest BCUT2D eigenvalue weighted by Crippen LogP contribution is 2.22. The van der Waals surface area contributed by atoms with Crippen molar-refractivity contribution in [2.75, 3.05) is 0 Å². The first kappa shape index (κ1) is 13.3. The average Bonchev–Trinajstić information content (AvgIpc) is 2.96. The summed E-state index contributed by atoms with van der Waals surface area (Å²) in [4.78, 5) is 6.04. The molecule has 2 nitrogen and oxygen atoms in total. The lowest BCUT2D eigenvalue weighted by atomic mass is 10.0. The second-order valence-electron chi connectivity index (χ2n) is 5.00. The van der Waals surface area contributed by atoms with Gasteiger partial charge in [0.2, 0.25) is 0 Å². The molecule has 0 saturated heterocycles. The van der Waals surface area contributed by atoms with E-state index >= 15 is 0 Å². The molecular weight excluding hydrogens is 264 g/mol. The maximum absolute atomic E-state index is 4.67. The van der Waals surface area contributed by atoms with Crippen LogP contribution in [-0.2, 0) is 13.1 Å². The molecule has 0 spiro atoms. The van der Waals surface area contributed by atoms with Gasteiger partial charge < -0.3 is 5.32 Å². The summed E-state index contributed by atoms with van der Waals surface area (Å²) in [5.41, 5.74) is 4.87. The van der Waals surface area contributed by atoms with E-state index in [2.05, 4.69) is 59.9 Å². The van der Waals surface area contributed by atoms with E-state index in [-0.39, 0.29) is 0 Å². The molecule has 0 aliphatic heterocycles. The molecule has 0 bridgehead atoms. The van der Waals surface area contributed by atoms with E-state index in [0.29, 0.717) is 0 Å². The Kier molecular flexibility index (Phi) is 3.81. The molecule has 1 N–H and O–H groups in total. The van der Waals surface area contributed by atoms with Crippen molar-refractivity contribution in [3.63, 3.8) is 0 Å². The number of benzene rings is 1. The Morgan fingerprint density at radius 3 is 2.70 bits per heavy atom. The number of thiophene rings is 1. The van der Waals surface area contributed by atoms with Crippen LogP contribution in [0.1, 0.15) is 21.7 Å². The fraction of sp³-hybridized carbons (Fsp3) is 0.235. The molecule has 0 atom stereocenters. The zero-order chi connectivity index (χ0) is 13.9. The third kappa shape index (κ3) is 2.60. The van der Waals surface area contributed by atoms with E-state index in [1.54, 1.807) is 11.3 Å². The Labute approximate surface area is 123 Å². The molecule has 0 aliphatic carbocycles. The number of aryl methyl sites for hydroxylation is 1. The highest BCUT2D eigenvalue weighted by Gasteiger charge is 2.08. The summed E-state index contributed by atoms with van der Waals surface area (Å²) in [6.07, 6.45) is 0. The summed E-state index contributed by atoms with van der Waals surface area (Å²) in [7, 11) is 0. The fourth-order valence-corrected chi connectivity index (χ4v) is 3.14. The van der Waals surface area contributed by atoms with Gasteiger partial charge in [-0.2, -0.15) is 0 Å². The van der Waals surface area contributed by atoms with Crippen molar-refractivity contribution in [3.8, 4) is 0 Å². The second-order valence-corrected chi connectivity index (χ2v) is 6.03. The normalized spacial score (nSPS) is 11.1. The maximum Gasteiger partial charge on any atom is 0.0708 e. The Hall–Kier alpha value is -1.71.